The normalized spacial score (nSPS) is 16.6. The minimum Gasteiger partial charge on any atom is -0.489 e. The molecule has 2 heterocycles. The van der Waals surface area contributed by atoms with Gasteiger partial charge in [0.25, 0.3) is 5.91 Å². The second-order valence-electron chi connectivity index (χ2n) is 8.88. The summed E-state index contributed by atoms with van der Waals surface area (Å²) in [6, 6.07) is 12.8. The second-order valence-corrected chi connectivity index (χ2v) is 8.88. The fourth-order valence-electron chi connectivity index (χ4n) is 4.55. The molecule has 0 aromatic heterocycles. The van der Waals surface area contributed by atoms with Crippen LogP contribution >= 0.6 is 0 Å². The van der Waals surface area contributed by atoms with Crippen LogP contribution in [0, 0.1) is 0 Å². The number of nitrogens with zero attached hydrogens (tertiary/aromatic N) is 2. The van der Waals surface area contributed by atoms with E-state index in [9.17, 15) is 14.4 Å². The molecule has 0 spiro atoms. The predicted molar refractivity (Wildman–Crippen MR) is 129 cm³/mol. The number of carbonyl (C=O) groups excluding carboxylic acids is 3. The van der Waals surface area contributed by atoms with Gasteiger partial charge in [0, 0.05) is 50.3 Å². The molecule has 0 aliphatic carbocycles. The summed E-state index contributed by atoms with van der Waals surface area (Å²) in [6.45, 7) is 5.66. The molecule has 0 bridgehead atoms. The first-order chi connectivity index (χ1) is 17.0. The number of nitrogens with one attached hydrogen (secondary N) is 1. The lowest BCUT2D eigenvalue weighted by molar-refractivity contribution is -0.141. The van der Waals surface area contributed by atoms with Crippen LogP contribution in [0.2, 0.25) is 0 Å². The minimum atomic E-state index is -0.898. The van der Waals surface area contributed by atoms with E-state index in [1.807, 2.05) is 6.07 Å². The van der Waals surface area contributed by atoms with Gasteiger partial charge in [-0.2, -0.15) is 0 Å². The van der Waals surface area contributed by atoms with E-state index in [1.165, 1.54) is 17.6 Å². The summed E-state index contributed by atoms with van der Waals surface area (Å²) in [5.41, 5.74) is 9.06. The number of primary amides is 1. The van der Waals surface area contributed by atoms with Gasteiger partial charge in [-0.1, -0.05) is 30.3 Å². The van der Waals surface area contributed by atoms with Crippen molar-refractivity contribution in [3.63, 3.8) is 0 Å². The van der Waals surface area contributed by atoms with Crippen molar-refractivity contribution in [2.45, 2.75) is 38.6 Å². The van der Waals surface area contributed by atoms with Gasteiger partial charge in [0.15, 0.2) is 0 Å². The number of carbonyl (C=O) groups is 3. The molecule has 1 fully saturated rings. The van der Waals surface area contributed by atoms with Gasteiger partial charge in [-0.05, 0) is 29.7 Å². The Kier molecular flexibility index (Phi) is 7.99. The lowest BCUT2D eigenvalue weighted by Crippen LogP contribution is -2.45. The van der Waals surface area contributed by atoms with Crippen LogP contribution in [0.15, 0.2) is 42.5 Å². The average molecular weight is 481 g/mol. The molecule has 35 heavy (non-hydrogen) atoms. The second kappa shape index (κ2) is 11.3. The molecule has 2 aliphatic rings. The zero-order valence-corrected chi connectivity index (χ0v) is 20.0. The zero-order valence-electron chi connectivity index (χ0n) is 20.0. The molecule has 9 nitrogen and oxygen atoms in total. The summed E-state index contributed by atoms with van der Waals surface area (Å²) in [5, 5.41) is 3.37. The molecule has 0 unspecified atom stereocenters. The number of hydrogen-bond donors (Lipinski definition) is 2. The molecule has 2 aromatic carbocycles. The van der Waals surface area contributed by atoms with Crippen LogP contribution in [-0.4, -0.2) is 66.9 Å². The highest BCUT2D eigenvalue weighted by Gasteiger charge is 2.37. The first kappa shape index (κ1) is 24.7. The lowest BCUT2D eigenvalue weighted by atomic mass is 10.1. The van der Waals surface area contributed by atoms with Crippen LogP contribution in [0.25, 0.3) is 0 Å². The number of methoxy groups -OCH3 is 1. The van der Waals surface area contributed by atoms with Gasteiger partial charge in [-0.15, -0.1) is 0 Å². The van der Waals surface area contributed by atoms with E-state index >= 15 is 0 Å². The molecule has 0 saturated carbocycles. The van der Waals surface area contributed by atoms with Crippen LogP contribution in [0.1, 0.15) is 39.9 Å². The molecule has 4 rings (SSSR count). The Bertz CT molecular complexity index is 1070. The summed E-state index contributed by atoms with van der Waals surface area (Å²) in [4.78, 5) is 40.5. The maximum atomic E-state index is 13.0. The number of fused-ring (bicyclic) bond motifs is 1. The van der Waals surface area contributed by atoms with E-state index in [0.717, 1.165) is 43.9 Å². The lowest BCUT2D eigenvalue weighted by Gasteiger charge is -2.27. The Hall–Kier alpha value is -3.43. The molecule has 186 valence electrons. The molecule has 9 heteroatoms. The Morgan fingerprint density at radius 2 is 1.80 bits per heavy atom. The van der Waals surface area contributed by atoms with Crippen molar-refractivity contribution in [3.8, 4) is 5.75 Å². The number of benzene rings is 2. The van der Waals surface area contributed by atoms with Gasteiger partial charge < -0.3 is 25.4 Å². The monoisotopic (exact) mass is 480 g/mol. The van der Waals surface area contributed by atoms with Crippen molar-refractivity contribution in [3.05, 3.63) is 64.7 Å². The Labute approximate surface area is 205 Å². The number of amides is 2. The number of piperazine rings is 1. The minimum absolute atomic E-state index is 0.00175. The van der Waals surface area contributed by atoms with Crippen LogP contribution in [-0.2, 0) is 34.0 Å². The first-order valence-corrected chi connectivity index (χ1v) is 11.9. The van der Waals surface area contributed by atoms with Crippen molar-refractivity contribution >= 4 is 17.8 Å². The first-order valence-electron chi connectivity index (χ1n) is 11.9. The van der Waals surface area contributed by atoms with Crippen molar-refractivity contribution in [2.75, 3.05) is 33.3 Å². The van der Waals surface area contributed by atoms with Crippen molar-refractivity contribution in [2.24, 2.45) is 5.73 Å². The topological polar surface area (TPSA) is 114 Å². The van der Waals surface area contributed by atoms with Crippen LogP contribution in [0.4, 0.5) is 0 Å². The van der Waals surface area contributed by atoms with Gasteiger partial charge in [0.1, 0.15) is 18.4 Å². The Morgan fingerprint density at radius 3 is 2.49 bits per heavy atom. The SMILES string of the molecule is COC(=O)CC[C@@H](C(N)=O)N1Cc2c(OCc3ccc(CN4CCNCC4)cc3)cccc2C1=O. The molecule has 2 amide bonds. The Balaban J connectivity index is 1.39. The molecule has 3 N–H and O–H groups in total. The highest BCUT2D eigenvalue weighted by Crippen LogP contribution is 2.33. The van der Waals surface area contributed by atoms with E-state index in [-0.39, 0.29) is 25.3 Å². The molecular weight excluding hydrogens is 448 g/mol. The van der Waals surface area contributed by atoms with Gasteiger partial charge in [0.2, 0.25) is 5.91 Å². The third-order valence-corrected chi connectivity index (χ3v) is 6.54. The van der Waals surface area contributed by atoms with Crippen LogP contribution in [0.3, 0.4) is 0 Å². The third kappa shape index (κ3) is 5.98. The van der Waals surface area contributed by atoms with E-state index in [4.69, 9.17) is 10.5 Å². The third-order valence-electron chi connectivity index (χ3n) is 6.54. The van der Waals surface area contributed by atoms with E-state index in [1.54, 1.807) is 12.1 Å². The quantitative estimate of drug-likeness (QED) is 0.495. The molecule has 1 saturated heterocycles. The molecule has 0 radical (unpaired) electrons. The fourth-order valence-corrected chi connectivity index (χ4v) is 4.55. The maximum Gasteiger partial charge on any atom is 0.305 e. The van der Waals surface area contributed by atoms with Gasteiger partial charge in [-0.25, -0.2) is 0 Å². The largest absolute Gasteiger partial charge is 0.489 e. The summed E-state index contributed by atoms with van der Waals surface area (Å²) in [5.74, 6) is -0.808. The van der Waals surface area contributed by atoms with Gasteiger partial charge in [-0.3, -0.25) is 19.3 Å². The van der Waals surface area contributed by atoms with Crippen LogP contribution < -0.4 is 15.8 Å². The smallest absolute Gasteiger partial charge is 0.305 e. The van der Waals surface area contributed by atoms with Crippen molar-refractivity contribution < 1.29 is 23.9 Å². The Morgan fingerprint density at radius 1 is 1.09 bits per heavy atom. The van der Waals surface area contributed by atoms with Crippen molar-refractivity contribution in [1.82, 2.24) is 15.1 Å². The predicted octanol–water partition coefficient (Wildman–Crippen LogP) is 1.43. The zero-order chi connectivity index (χ0) is 24.8. The van der Waals surface area contributed by atoms with Crippen molar-refractivity contribution in [1.29, 1.82) is 0 Å². The highest BCUT2D eigenvalue weighted by molar-refractivity contribution is 6.01. The number of ether oxygens (including phenoxy) is 2. The fraction of sp³-hybridized carbons (Fsp3) is 0.423. The summed E-state index contributed by atoms with van der Waals surface area (Å²) in [7, 11) is 1.28. The average Bonchev–Trinajstić information content (AvgIpc) is 3.20. The number of hydrogen-bond acceptors (Lipinski definition) is 7. The molecule has 2 aliphatic heterocycles. The van der Waals surface area contributed by atoms with E-state index in [0.29, 0.717) is 17.9 Å². The number of nitrogens with two attached hydrogens (primary N) is 1. The van der Waals surface area contributed by atoms with E-state index in [2.05, 4.69) is 39.2 Å². The van der Waals surface area contributed by atoms with Crippen LogP contribution in [0.5, 0.6) is 5.75 Å². The number of rotatable bonds is 10. The summed E-state index contributed by atoms with van der Waals surface area (Å²) >= 11 is 0. The van der Waals surface area contributed by atoms with E-state index < -0.39 is 17.9 Å². The summed E-state index contributed by atoms with van der Waals surface area (Å²) in [6.07, 6.45) is 0.108. The molecule has 2 aromatic rings. The number of esters is 1. The standard InChI is InChI=1S/C26H32N4O5/c1-34-24(31)10-9-22(25(27)32)30-16-21-20(26(30)33)3-2-4-23(21)35-17-19-7-5-18(6-8-19)15-29-13-11-28-12-14-29/h2-8,22,28H,9-17H2,1H3,(H2,27,32)/t22-/m0/s1. The van der Waals surface area contributed by atoms with Gasteiger partial charge in [0.05, 0.1) is 13.7 Å². The molecule has 1 atom stereocenters. The van der Waals surface area contributed by atoms with Gasteiger partial charge >= 0.3 is 5.97 Å². The highest BCUT2D eigenvalue weighted by atomic mass is 16.5. The summed E-state index contributed by atoms with van der Waals surface area (Å²) < 4.78 is 10.7. The maximum absolute atomic E-state index is 13.0. The molecular formula is C26H32N4O5.